The fraction of sp³-hybridized carbons (Fsp3) is 0.462. The van der Waals surface area contributed by atoms with Gasteiger partial charge in [0.1, 0.15) is 29.4 Å². The molecule has 7 rings (SSSR count). The number of nitrogens with zero attached hydrogens (tertiary/aromatic N) is 6. The molecule has 6 heterocycles. The van der Waals surface area contributed by atoms with Crippen LogP contribution in [0.5, 0.6) is 6.01 Å². The van der Waals surface area contributed by atoms with Crippen LogP contribution in [0.25, 0.3) is 44.2 Å². The summed E-state index contributed by atoms with van der Waals surface area (Å²) in [6.45, 7) is -0.953. The number of alkyl halides is 6. The SMILES string of the molecule is Cc1cc2[nH]ncc2c(-c2nn(C(F)F)c3c4c(=O)[nH]c(OC[C@@]56CCCN5C[C@H](F)C6)nc4n(C)c23)c1C(F)(F)F. The highest BCUT2D eigenvalue weighted by Crippen LogP contribution is 2.46. The molecule has 5 aromatic rings. The van der Waals surface area contributed by atoms with Crippen LogP contribution in [0.3, 0.4) is 0 Å². The fourth-order valence-electron chi connectivity index (χ4n) is 6.85. The fourth-order valence-corrected chi connectivity index (χ4v) is 6.85. The Kier molecular flexibility index (Phi) is 5.72. The van der Waals surface area contributed by atoms with Gasteiger partial charge in [-0.3, -0.25) is 19.8 Å². The molecular weight excluding hydrogens is 570 g/mol. The Hall–Kier alpha value is -4.08. The van der Waals surface area contributed by atoms with Gasteiger partial charge < -0.3 is 9.30 Å². The Morgan fingerprint density at radius 3 is 2.79 bits per heavy atom. The number of aromatic amines is 2. The third-order valence-corrected chi connectivity index (χ3v) is 8.54. The molecule has 0 bridgehead atoms. The Labute approximate surface area is 232 Å². The lowest BCUT2D eigenvalue weighted by Crippen LogP contribution is -2.43. The predicted octanol–water partition coefficient (Wildman–Crippen LogP) is 4.83. The number of ether oxygens (including phenoxy) is 1. The van der Waals surface area contributed by atoms with Crippen LogP contribution in [0.1, 0.15) is 36.9 Å². The number of hydrogen-bond donors (Lipinski definition) is 2. The standard InChI is InChI=1S/C26H24F6N8O2/c1-11-6-14-13(8-33-36-14)15(17(11)26(30,31)32)18-20-19(40(37-18)23(28)29)16-21(38(20)2)34-24(35-22(16)41)42-10-25-4-3-5-39(25)9-12(27)7-25/h6,8,12,23H,3-5,7,9-10H2,1-2H3,(H,33,36)(H,34,35,41)/t12-,25+/m1/s1. The Morgan fingerprint density at radius 1 is 1.26 bits per heavy atom. The third kappa shape index (κ3) is 3.76. The molecule has 0 radical (unpaired) electrons. The monoisotopic (exact) mass is 594 g/mol. The minimum absolute atomic E-state index is 0.0213. The van der Waals surface area contributed by atoms with Gasteiger partial charge in [0.15, 0.2) is 5.65 Å². The molecule has 0 saturated carbocycles. The van der Waals surface area contributed by atoms with Crippen molar-refractivity contribution in [2.45, 2.75) is 50.6 Å². The molecule has 2 atom stereocenters. The third-order valence-electron chi connectivity index (χ3n) is 8.54. The molecule has 2 aliphatic heterocycles. The van der Waals surface area contributed by atoms with Crippen LogP contribution in [0.15, 0.2) is 17.1 Å². The van der Waals surface area contributed by atoms with Gasteiger partial charge in [-0.2, -0.15) is 37.1 Å². The first-order valence-electron chi connectivity index (χ1n) is 13.2. The highest BCUT2D eigenvalue weighted by molar-refractivity contribution is 6.12. The van der Waals surface area contributed by atoms with Crippen molar-refractivity contribution in [2.75, 3.05) is 19.7 Å². The normalized spacial score (nSPS) is 21.5. The second-order valence-electron chi connectivity index (χ2n) is 11.0. The number of benzene rings is 1. The van der Waals surface area contributed by atoms with Crippen LogP contribution in [0.2, 0.25) is 0 Å². The van der Waals surface area contributed by atoms with Crippen LogP contribution in [-0.2, 0) is 13.2 Å². The minimum atomic E-state index is -4.86. The maximum atomic E-state index is 14.4. The molecule has 4 aromatic heterocycles. The van der Waals surface area contributed by atoms with E-state index in [4.69, 9.17) is 4.74 Å². The van der Waals surface area contributed by atoms with E-state index in [9.17, 15) is 31.1 Å². The highest BCUT2D eigenvalue weighted by atomic mass is 19.4. The maximum Gasteiger partial charge on any atom is 0.417 e. The summed E-state index contributed by atoms with van der Waals surface area (Å²) >= 11 is 0. The first-order valence-corrected chi connectivity index (χ1v) is 13.2. The molecule has 0 amide bonds. The smallest absolute Gasteiger partial charge is 0.417 e. The molecule has 42 heavy (non-hydrogen) atoms. The Balaban J connectivity index is 1.44. The van der Waals surface area contributed by atoms with E-state index in [1.807, 2.05) is 4.90 Å². The summed E-state index contributed by atoms with van der Waals surface area (Å²) in [5.74, 6) is 0. The van der Waals surface area contributed by atoms with Crippen LogP contribution >= 0.6 is 0 Å². The summed E-state index contributed by atoms with van der Waals surface area (Å²) in [5.41, 5.74) is -3.80. The van der Waals surface area contributed by atoms with Gasteiger partial charge in [-0.15, -0.1) is 0 Å². The summed E-state index contributed by atoms with van der Waals surface area (Å²) < 4.78 is 93.5. The average molecular weight is 595 g/mol. The van der Waals surface area contributed by atoms with E-state index >= 15 is 0 Å². The van der Waals surface area contributed by atoms with Crippen LogP contribution in [0, 0.1) is 6.92 Å². The van der Waals surface area contributed by atoms with Crippen LogP contribution in [0.4, 0.5) is 26.3 Å². The Bertz CT molecular complexity index is 1940. The van der Waals surface area contributed by atoms with E-state index in [1.165, 1.54) is 30.8 Å². The number of rotatable bonds is 5. The van der Waals surface area contributed by atoms with Gasteiger partial charge in [0, 0.05) is 31.0 Å². The summed E-state index contributed by atoms with van der Waals surface area (Å²) in [6.07, 6.45) is -2.83. The number of fused-ring (bicyclic) bond motifs is 5. The van der Waals surface area contributed by atoms with Gasteiger partial charge in [0.25, 0.3) is 11.6 Å². The van der Waals surface area contributed by atoms with Crippen molar-refractivity contribution >= 4 is 33.0 Å². The molecule has 0 unspecified atom stereocenters. The average Bonchev–Trinajstić information content (AvgIpc) is 3.69. The molecule has 2 fully saturated rings. The number of aryl methyl sites for hydroxylation is 2. The molecule has 2 saturated heterocycles. The number of H-pyrrole nitrogens is 2. The molecule has 2 aliphatic rings. The van der Waals surface area contributed by atoms with Gasteiger partial charge >= 0.3 is 12.7 Å². The van der Waals surface area contributed by atoms with E-state index < -0.39 is 46.8 Å². The minimum Gasteiger partial charge on any atom is -0.463 e. The quantitative estimate of drug-likeness (QED) is 0.282. The molecule has 16 heteroatoms. The van der Waals surface area contributed by atoms with Gasteiger partial charge in [-0.1, -0.05) is 0 Å². The topological polar surface area (TPSA) is 110 Å². The molecule has 0 spiro atoms. The van der Waals surface area contributed by atoms with Crippen molar-refractivity contribution in [1.82, 2.24) is 39.4 Å². The van der Waals surface area contributed by atoms with E-state index in [0.717, 1.165) is 13.0 Å². The Morgan fingerprint density at radius 2 is 2.05 bits per heavy atom. The van der Waals surface area contributed by atoms with Gasteiger partial charge in [-0.05, 0) is 37.9 Å². The lowest BCUT2D eigenvalue weighted by Gasteiger charge is -2.30. The molecule has 0 aliphatic carbocycles. The van der Waals surface area contributed by atoms with E-state index in [2.05, 4.69) is 25.3 Å². The van der Waals surface area contributed by atoms with Crippen molar-refractivity contribution in [3.8, 4) is 17.3 Å². The molecular formula is C26H24F6N8O2. The second-order valence-corrected chi connectivity index (χ2v) is 11.0. The number of halogens is 6. The van der Waals surface area contributed by atoms with Crippen LogP contribution in [-0.4, -0.2) is 70.8 Å². The van der Waals surface area contributed by atoms with Crippen LogP contribution < -0.4 is 10.3 Å². The van der Waals surface area contributed by atoms with Crippen molar-refractivity contribution in [3.63, 3.8) is 0 Å². The van der Waals surface area contributed by atoms with Gasteiger partial charge in [-0.25, -0.2) is 9.07 Å². The van der Waals surface area contributed by atoms with Crippen molar-refractivity contribution in [3.05, 3.63) is 33.7 Å². The number of aromatic nitrogens is 7. The summed E-state index contributed by atoms with van der Waals surface area (Å²) in [4.78, 5) is 22.2. The van der Waals surface area contributed by atoms with E-state index in [1.54, 1.807) is 0 Å². The van der Waals surface area contributed by atoms with Gasteiger partial charge in [0.05, 0.1) is 28.3 Å². The highest BCUT2D eigenvalue weighted by Gasteiger charge is 2.49. The first-order chi connectivity index (χ1) is 19.9. The lowest BCUT2D eigenvalue weighted by molar-refractivity contribution is -0.137. The molecule has 222 valence electrons. The predicted molar refractivity (Wildman–Crippen MR) is 139 cm³/mol. The van der Waals surface area contributed by atoms with Crippen molar-refractivity contribution < 1.29 is 31.1 Å². The first kappa shape index (κ1) is 26.8. The van der Waals surface area contributed by atoms with E-state index in [0.29, 0.717) is 13.0 Å². The number of nitrogens with one attached hydrogen (secondary N) is 2. The zero-order valence-electron chi connectivity index (χ0n) is 22.3. The van der Waals surface area contributed by atoms with Crippen molar-refractivity contribution in [2.24, 2.45) is 7.05 Å². The molecule has 1 aromatic carbocycles. The summed E-state index contributed by atoms with van der Waals surface area (Å²) in [7, 11) is 1.40. The molecule has 2 N–H and O–H groups in total. The lowest BCUT2D eigenvalue weighted by atomic mass is 9.95. The summed E-state index contributed by atoms with van der Waals surface area (Å²) in [6, 6.07) is 1.06. The van der Waals surface area contributed by atoms with E-state index in [-0.39, 0.29) is 62.3 Å². The second kappa shape index (κ2) is 8.96. The number of hydrogen-bond acceptors (Lipinski definition) is 6. The summed E-state index contributed by atoms with van der Waals surface area (Å²) in [5, 5.41) is 10.1. The largest absolute Gasteiger partial charge is 0.463 e. The molecule has 10 nitrogen and oxygen atoms in total. The zero-order valence-corrected chi connectivity index (χ0v) is 22.3. The van der Waals surface area contributed by atoms with Crippen molar-refractivity contribution in [1.29, 1.82) is 0 Å². The zero-order chi connectivity index (χ0) is 29.7. The van der Waals surface area contributed by atoms with Gasteiger partial charge in [0.2, 0.25) is 0 Å². The maximum absolute atomic E-state index is 14.4.